The van der Waals surface area contributed by atoms with Crippen molar-refractivity contribution >= 4 is 5.91 Å². The van der Waals surface area contributed by atoms with E-state index in [2.05, 4.69) is 16.4 Å². The van der Waals surface area contributed by atoms with Gasteiger partial charge in [0.25, 0.3) is 5.91 Å². The molecule has 0 atom stereocenters. The zero-order valence-electron chi connectivity index (χ0n) is 10.3. The van der Waals surface area contributed by atoms with E-state index in [1.807, 2.05) is 18.2 Å². The molecule has 0 aliphatic rings. The van der Waals surface area contributed by atoms with Gasteiger partial charge in [-0.05, 0) is 29.3 Å². The Balaban J connectivity index is 2.00. The molecule has 0 unspecified atom stereocenters. The maximum atomic E-state index is 12.0. The number of pyridine rings is 1. The molecule has 94 valence electrons. The molecule has 0 saturated carbocycles. The Morgan fingerprint density at radius 3 is 2.84 bits per heavy atom. The predicted octanol–water partition coefficient (Wildman–Crippen LogP) is 2.08. The summed E-state index contributed by atoms with van der Waals surface area (Å²) in [5.41, 5.74) is 2.36. The quantitative estimate of drug-likeness (QED) is 0.904. The standard InChI is InChI=1S/C15H13N3O/c16-7-6-12-3-1-5-14(9-12)15(19)18-11-13-4-2-8-17-10-13/h1-5,8-10H,6,11H2,(H,18,19). The average molecular weight is 251 g/mol. The van der Waals surface area contributed by atoms with E-state index in [1.54, 1.807) is 30.6 Å². The Hall–Kier alpha value is -2.67. The molecule has 4 heteroatoms. The van der Waals surface area contributed by atoms with E-state index in [1.165, 1.54) is 0 Å². The molecule has 0 spiro atoms. The van der Waals surface area contributed by atoms with Gasteiger partial charge in [-0.2, -0.15) is 5.26 Å². The van der Waals surface area contributed by atoms with Crippen LogP contribution in [0, 0.1) is 11.3 Å². The van der Waals surface area contributed by atoms with E-state index < -0.39 is 0 Å². The van der Waals surface area contributed by atoms with Crippen molar-refractivity contribution in [3.05, 3.63) is 65.5 Å². The van der Waals surface area contributed by atoms with E-state index in [0.29, 0.717) is 18.5 Å². The molecule has 0 aliphatic heterocycles. The zero-order valence-corrected chi connectivity index (χ0v) is 10.3. The van der Waals surface area contributed by atoms with Crippen molar-refractivity contribution < 1.29 is 4.79 Å². The molecular formula is C15H13N3O. The van der Waals surface area contributed by atoms with Crippen molar-refractivity contribution in [2.45, 2.75) is 13.0 Å². The number of nitrogens with zero attached hydrogens (tertiary/aromatic N) is 2. The van der Waals surface area contributed by atoms with Crippen LogP contribution in [0.25, 0.3) is 0 Å². The number of carbonyl (C=O) groups is 1. The molecule has 19 heavy (non-hydrogen) atoms. The molecule has 0 aliphatic carbocycles. The number of benzene rings is 1. The number of nitrogens with one attached hydrogen (secondary N) is 1. The summed E-state index contributed by atoms with van der Waals surface area (Å²) in [6.07, 6.45) is 3.72. The van der Waals surface area contributed by atoms with Crippen molar-refractivity contribution in [1.29, 1.82) is 5.26 Å². The van der Waals surface area contributed by atoms with Gasteiger partial charge < -0.3 is 5.32 Å². The molecule has 1 N–H and O–H groups in total. The molecule has 1 aromatic heterocycles. The maximum Gasteiger partial charge on any atom is 0.251 e. The summed E-state index contributed by atoms with van der Waals surface area (Å²) in [6, 6.07) is 12.9. The molecule has 2 rings (SSSR count). The van der Waals surface area contributed by atoms with Crippen molar-refractivity contribution in [3.8, 4) is 6.07 Å². The fourth-order valence-corrected chi connectivity index (χ4v) is 1.70. The van der Waals surface area contributed by atoms with E-state index >= 15 is 0 Å². The topological polar surface area (TPSA) is 65.8 Å². The lowest BCUT2D eigenvalue weighted by molar-refractivity contribution is 0.0951. The number of aromatic nitrogens is 1. The van der Waals surface area contributed by atoms with E-state index in [9.17, 15) is 4.79 Å². The fraction of sp³-hybridized carbons (Fsp3) is 0.133. The molecule has 2 aromatic rings. The second-order valence-corrected chi connectivity index (χ2v) is 4.08. The van der Waals surface area contributed by atoms with Gasteiger partial charge in [0.2, 0.25) is 0 Å². The smallest absolute Gasteiger partial charge is 0.251 e. The molecule has 0 radical (unpaired) electrons. The Bertz CT molecular complexity index is 602. The summed E-state index contributed by atoms with van der Waals surface area (Å²) in [4.78, 5) is 15.9. The van der Waals surface area contributed by atoms with Crippen LogP contribution in [0.4, 0.5) is 0 Å². The Labute approximate surface area is 111 Å². The molecule has 4 nitrogen and oxygen atoms in total. The van der Waals surface area contributed by atoms with Crippen LogP contribution in [0.5, 0.6) is 0 Å². The van der Waals surface area contributed by atoms with Gasteiger partial charge in [-0.1, -0.05) is 18.2 Å². The Morgan fingerprint density at radius 1 is 1.26 bits per heavy atom. The largest absolute Gasteiger partial charge is 0.348 e. The summed E-state index contributed by atoms with van der Waals surface area (Å²) >= 11 is 0. The first-order chi connectivity index (χ1) is 9.29. The van der Waals surface area contributed by atoms with Gasteiger partial charge in [0, 0.05) is 24.5 Å². The molecule has 1 aromatic carbocycles. The number of carbonyl (C=O) groups excluding carboxylic acids is 1. The third-order valence-electron chi connectivity index (χ3n) is 2.65. The summed E-state index contributed by atoms with van der Waals surface area (Å²) in [7, 11) is 0. The third-order valence-corrected chi connectivity index (χ3v) is 2.65. The van der Waals surface area contributed by atoms with E-state index in [0.717, 1.165) is 11.1 Å². The van der Waals surface area contributed by atoms with Gasteiger partial charge in [0.05, 0.1) is 12.5 Å². The molecular weight excluding hydrogens is 238 g/mol. The lowest BCUT2D eigenvalue weighted by Gasteiger charge is -2.06. The highest BCUT2D eigenvalue weighted by Gasteiger charge is 2.05. The summed E-state index contributed by atoms with van der Waals surface area (Å²) in [5.74, 6) is -0.149. The number of amides is 1. The number of hydrogen-bond donors (Lipinski definition) is 1. The SMILES string of the molecule is N#CCc1cccc(C(=O)NCc2cccnc2)c1. The summed E-state index contributed by atoms with van der Waals surface area (Å²) in [5, 5.41) is 11.5. The minimum absolute atomic E-state index is 0.149. The number of hydrogen-bond acceptors (Lipinski definition) is 3. The molecule has 0 bridgehead atoms. The lowest BCUT2D eigenvalue weighted by Crippen LogP contribution is -2.22. The first kappa shape index (κ1) is 12.8. The second kappa shape index (κ2) is 6.31. The second-order valence-electron chi connectivity index (χ2n) is 4.08. The summed E-state index contributed by atoms with van der Waals surface area (Å²) < 4.78 is 0. The lowest BCUT2D eigenvalue weighted by atomic mass is 10.1. The predicted molar refractivity (Wildman–Crippen MR) is 71.2 cm³/mol. The highest BCUT2D eigenvalue weighted by Crippen LogP contribution is 2.06. The molecule has 1 amide bonds. The molecule has 0 saturated heterocycles. The first-order valence-electron chi connectivity index (χ1n) is 5.92. The Kier molecular flexibility index (Phi) is 4.25. The van der Waals surface area contributed by atoms with Gasteiger partial charge in [0.1, 0.15) is 0 Å². The van der Waals surface area contributed by atoms with Crippen LogP contribution in [-0.2, 0) is 13.0 Å². The van der Waals surface area contributed by atoms with Gasteiger partial charge in [-0.25, -0.2) is 0 Å². The zero-order chi connectivity index (χ0) is 13.5. The van der Waals surface area contributed by atoms with Crippen molar-refractivity contribution in [2.24, 2.45) is 0 Å². The highest BCUT2D eigenvalue weighted by molar-refractivity contribution is 5.94. The van der Waals surface area contributed by atoms with Crippen molar-refractivity contribution in [2.75, 3.05) is 0 Å². The fourth-order valence-electron chi connectivity index (χ4n) is 1.70. The van der Waals surface area contributed by atoms with Crippen LogP contribution in [-0.4, -0.2) is 10.9 Å². The third kappa shape index (κ3) is 3.65. The van der Waals surface area contributed by atoms with Crippen LogP contribution in [0.3, 0.4) is 0 Å². The molecule has 0 fully saturated rings. The number of nitriles is 1. The average Bonchev–Trinajstić information content (AvgIpc) is 2.46. The Morgan fingerprint density at radius 2 is 2.11 bits per heavy atom. The van der Waals surface area contributed by atoms with Gasteiger partial charge in [-0.3, -0.25) is 9.78 Å². The minimum Gasteiger partial charge on any atom is -0.348 e. The van der Waals surface area contributed by atoms with E-state index in [-0.39, 0.29) is 5.91 Å². The van der Waals surface area contributed by atoms with Crippen LogP contribution in [0.1, 0.15) is 21.5 Å². The molecule has 1 heterocycles. The van der Waals surface area contributed by atoms with E-state index in [4.69, 9.17) is 5.26 Å². The minimum atomic E-state index is -0.149. The number of rotatable bonds is 4. The monoisotopic (exact) mass is 251 g/mol. The first-order valence-corrected chi connectivity index (χ1v) is 5.92. The van der Waals surface area contributed by atoms with Gasteiger partial charge >= 0.3 is 0 Å². The maximum absolute atomic E-state index is 12.0. The van der Waals surface area contributed by atoms with Gasteiger partial charge in [0.15, 0.2) is 0 Å². The van der Waals surface area contributed by atoms with Crippen LogP contribution in [0.2, 0.25) is 0 Å². The van der Waals surface area contributed by atoms with Crippen LogP contribution in [0.15, 0.2) is 48.8 Å². The van der Waals surface area contributed by atoms with Crippen molar-refractivity contribution in [3.63, 3.8) is 0 Å². The van der Waals surface area contributed by atoms with Crippen LogP contribution < -0.4 is 5.32 Å². The summed E-state index contributed by atoms with van der Waals surface area (Å²) in [6.45, 7) is 0.440. The van der Waals surface area contributed by atoms with Crippen molar-refractivity contribution in [1.82, 2.24) is 10.3 Å². The van der Waals surface area contributed by atoms with Gasteiger partial charge in [-0.15, -0.1) is 0 Å². The van der Waals surface area contributed by atoms with Crippen LogP contribution >= 0.6 is 0 Å². The highest BCUT2D eigenvalue weighted by atomic mass is 16.1. The normalized spacial score (nSPS) is 9.63.